The second-order valence-corrected chi connectivity index (χ2v) is 3.74. The van der Waals surface area contributed by atoms with Crippen LogP contribution in [0, 0.1) is 10.1 Å². The zero-order valence-corrected chi connectivity index (χ0v) is 8.93. The first kappa shape index (κ1) is 11.9. The summed E-state index contributed by atoms with van der Waals surface area (Å²) in [6.07, 6.45) is 1.40. The van der Waals surface area contributed by atoms with Gasteiger partial charge in [0.25, 0.3) is 0 Å². The molecule has 0 aliphatic rings. The summed E-state index contributed by atoms with van der Waals surface area (Å²) in [6, 6.07) is 2.74. The van der Waals surface area contributed by atoms with E-state index in [4.69, 9.17) is 5.73 Å². The lowest BCUT2D eigenvalue weighted by Gasteiger charge is -2.22. The number of nitrogens with two attached hydrogens (primary N) is 1. The van der Waals surface area contributed by atoms with Crippen molar-refractivity contribution < 1.29 is 9.72 Å². The quantitative estimate of drug-likeness (QED) is 0.576. The van der Waals surface area contributed by atoms with E-state index in [-0.39, 0.29) is 11.5 Å². The van der Waals surface area contributed by atoms with Crippen LogP contribution in [0.5, 0.6) is 0 Å². The highest BCUT2D eigenvalue weighted by molar-refractivity contribution is 5.87. The second-order valence-electron chi connectivity index (χ2n) is 3.74. The fraction of sp³-hybridized carbons (Fsp3) is 0.333. The molecule has 0 spiro atoms. The van der Waals surface area contributed by atoms with E-state index in [0.717, 1.165) is 0 Å². The lowest BCUT2D eigenvalue weighted by atomic mass is 10.1. The zero-order valence-electron chi connectivity index (χ0n) is 8.93. The van der Waals surface area contributed by atoms with Gasteiger partial charge in [0.05, 0.1) is 4.92 Å². The van der Waals surface area contributed by atoms with Crippen molar-refractivity contribution in [2.75, 3.05) is 5.32 Å². The van der Waals surface area contributed by atoms with Crippen molar-refractivity contribution in [2.24, 2.45) is 5.73 Å². The van der Waals surface area contributed by atoms with Crippen molar-refractivity contribution >= 4 is 17.4 Å². The molecule has 0 unspecified atom stereocenters. The van der Waals surface area contributed by atoms with Crippen LogP contribution in [0.2, 0.25) is 0 Å². The third kappa shape index (κ3) is 2.44. The van der Waals surface area contributed by atoms with Gasteiger partial charge in [0, 0.05) is 12.3 Å². The largest absolute Gasteiger partial charge is 0.368 e. The Kier molecular flexibility index (Phi) is 3.07. The molecule has 0 saturated carbocycles. The number of carbonyl (C=O) groups is 1. The molecule has 1 heterocycles. The second kappa shape index (κ2) is 4.13. The number of nitro groups is 1. The molecule has 1 aromatic rings. The molecule has 0 aliphatic carbocycles. The molecule has 0 bridgehead atoms. The van der Waals surface area contributed by atoms with Gasteiger partial charge in [-0.05, 0) is 19.9 Å². The summed E-state index contributed by atoms with van der Waals surface area (Å²) in [7, 11) is 0. The molecule has 7 nitrogen and oxygen atoms in total. The molecular formula is C9H12N4O3. The van der Waals surface area contributed by atoms with Gasteiger partial charge in [-0.25, -0.2) is 4.98 Å². The summed E-state index contributed by atoms with van der Waals surface area (Å²) >= 11 is 0. The maximum absolute atomic E-state index is 11.1. The minimum atomic E-state index is -1.10. The fourth-order valence-corrected chi connectivity index (χ4v) is 0.998. The number of nitrogens with one attached hydrogen (secondary N) is 1. The number of primary amides is 1. The van der Waals surface area contributed by atoms with E-state index in [1.807, 2.05) is 0 Å². The standard InChI is InChI=1S/C9H12N4O3/c1-9(2,8(10)14)12-7-6(13(15)16)4-3-5-11-7/h3-5H,1-2H3,(H2,10,14)(H,11,12). The van der Waals surface area contributed by atoms with E-state index >= 15 is 0 Å². The molecule has 1 aromatic heterocycles. The predicted octanol–water partition coefficient (Wildman–Crippen LogP) is 0.666. The Balaban J connectivity index is 3.06. The molecule has 3 N–H and O–H groups in total. The van der Waals surface area contributed by atoms with Crippen LogP contribution in [0.15, 0.2) is 18.3 Å². The average Bonchev–Trinajstić information content (AvgIpc) is 2.17. The van der Waals surface area contributed by atoms with E-state index in [1.54, 1.807) is 0 Å². The SMILES string of the molecule is CC(C)(Nc1ncccc1[N+](=O)[O-])C(N)=O. The normalized spacial score (nSPS) is 10.9. The first-order chi connectivity index (χ1) is 7.34. The first-order valence-corrected chi connectivity index (χ1v) is 4.52. The summed E-state index contributed by atoms with van der Waals surface area (Å²) in [4.78, 5) is 25.0. The molecule has 1 amide bonds. The van der Waals surface area contributed by atoms with Crippen LogP contribution in [-0.2, 0) is 4.79 Å². The number of hydrogen-bond acceptors (Lipinski definition) is 5. The summed E-state index contributed by atoms with van der Waals surface area (Å²) in [5.74, 6) is -0.594. The van der Waals surface area contributed by atoms with Crippen LogP contribution in [-0.4, -0.2) is 21.4 Å². The highest BCUT2D eigenvalue weighted by atomic mass is 16.6. The Morgan fingerprint density at radius 1 is 1.62 bits per heavy atom. The number of anilines is 1. The number of hydrogen-bond donors (Lipinski definition) is 2. The van der Waals surface area contributed by atoms with E-state index in [1.165, 1.54) is 32.2 Å². The van der Waals surface area contributed by atoms with Crippen LogP contribution in [0.25, 0.3) is 0 Å². The van der Waals surface area contributed by atoms with Gasteiger partial charge in [-0.2, -0.15) is 0 Å². The third-order valence-electron chi connectivity index (χ3n) is 2.03. The van der Waals surface area contributed by atoms with Crippen LogP contribution < -0.4 is 11.1 Å². The molecule has 0 atom stereocenters. The minimum absolute atomic E-state index is 0.0244. The van der Waals surface area contributed by atoms with E-state index < -0.39 is 16.4 Å². The van der Waals surface area contributed by atoms with Gasteiger partial charge in [0.2, 0.25) is 11.7 Å². The Labute approximate surface area is 91.8 Å². The fourth-order valence-electron chi connectivity index (χ4n) is 0.998. The third-order valence-corrected chi connectivity index (χ3v) is 2.03. The summed E-state index contributed by atoms with van der Waals surface area (Å²) in [5, 5.41) is 13.3. The van der Waals surface area contributed by atoms with E-state index in [2.05, 4.69) is 10.3 Å². The Morgan fingerprint density at radius 3 is 2.75 bits per heavy atom. The van der Waals surface area contributed by atoms with Crippen molar-refractivity contribution in [3.63, 3.8) is 0 Å². The number of pyridine rings is 1. The molecule has 0 radical (unpaired) electrons. The van der Waals surface area contributed by atoms with Crippen molar-refractivity contribution in [2.45, 2.75) is 19.4 Å². The molecule has 0 aliphatic heterocycles. The van der Waals surface area contributed by atoms with Crippen molar-refractivity contribution in [3.8, 4) is 0 Å². The molecular weight excluding hydrogens is 212 g/mol. The summed E-state index contributed by atoms with van der Waals surface area (Å²) in [5.41, 5.74) is 3.85. The molecule has 16 heavy (non-hydrogen) atoms. The zero-order chi connectivity index (χ0) is 12.3. The first-order valence-electron chi connectivity index (χ1n) is 4.52. The van der Waals surface area contributed by atoms with Crippen molar-refractivity contribution in [1.82, 2.24) is 4.98 Å². The van der Waals surface area contributed by atoms with Gasteiger partial charge in [-0.1, -0.05) is 0 Å². The van der Waals surface area contributed by atoms with Crippen LogP contribution in [0.3, 0.4) is 0 Å². The van der Waals surface area contributed by atoms with Gasteiger partial charge in [0.15, 0.2) is 0 Å². The van der Waals surface area contributed by atoms with Crippen LogP contribution >= 0.6 is 0 Å². The Hall–Kier alpha value is -2.18. The number of amides is 1. The predicted molar refractivity (Wildman–Crippen MR) is 57.8 cm³/mol. The summed E-state index contributed by atoms with van der Waals surface area (Å²) < 4.78 is 0. The minimum Gasteiger partial charge on any atom is -0.368 e. The van der Waals surface area contributed by atoms with Gasteiger partial charge in [-0.15, -0.1) is 0 Å². The number of carbonyl (C=O) groups excluding carboxylic acids is 1. The number of nitrogens with zero attached hydrogens (tertiary/aromatic N) is 2. The van der Waals surface area contributed by atoms with Gasteiger partial charge in [-0.3, -0.25) is 14.9 Å². The molecule has 86 valence electrons. The van der Waals surface area contributed by atoms with E-state index in [0.29, 0.717) is 0 Å². The lowest BCUT2D eigenvalue weighted by Crippen LogP contribution is -2.45. The van der Waals surface area contributed by atoms with Gasteiger partial charge < -0.3 is 11.1 Å². The van der Waals surface area contributed by atoms with Gasteiger partial charge in [0.1, 0.15) is 5.54 Å². The Bertz CT molecular complexity index is 431. The molecule has 1 rings (SSSR count). The monoisotopic (exact) mass is 224 g/mol. The maximum atomic E-state index is 11.1. The maximum Gasteiger partial charge on any atom is 0.311 e. The summed E-state index contributed by atoms with van der Waals surface area (Å²) in [6.45, 7) is 3.04. The smallest absolute Gasteiger partial charge is 0.311 e. The van der Waals surface area contributed by atoms with Crippen molar-refractivity contribution in [1.29, 1.82) is 0 Å². The molecule has 0 aromatic carbocycles. The van der Waals surface area contributed by atoms with Crippen molar-refractivity contribution in [3.05, 3.63) is 28.4 Å². The average molecular weight is 224 g/mol. The molecule has 0 saturated heterocycles. The number of aromatic nitrogens is 1. The van der Waals surface area contributed by atoms with E-state index in [9.17, 15) is 14.9 Å². The highest BCUT2D eigenvalue weighted by Crippen LogP contribution is 2.23. The van der Waals surface area contributed by atoms with Gasteiger partial charge >= 0.3 is 5.69 Å². The van der Waals surface area contributed by atoms with Crippen LogP contribution in [0.1, 0.15) is 13.8 Å². The molecule has 0 fully saturated rings. The van der Waals surface area contributed by atoms with Crippen LogP contribution in [0.4, 0.5) is 11.5 Å². The Morgan fingerprint density at radius 2 is 2.25 bits per heavy atom. The molecule has 7 heteroatoms. The highest BCUT2D eigenvalue weighted by Gasteiger charge is 2.28. The lowest BCUT2D eigenvalue weighted by molar-refractivity contribution is -0.384. The number of rotatable bonds is 4. The topological polar surface area (TPSA) is 111 Å².